The number of nitrogens with one attached hydrogen (secondary N) is 2. The van der Waals surface area contributed by atoms with Crippen LogP contribution in [0.3, 0.4) is 0 Å². The Kier molecular flexibility index (Phi) is 4.96. The van der Waals surface area contributed by atoms with Crippen molar-refractivity contribution in [3.05, 3.63) is 46.4 Å². The second-order valence-corrected chi connectivity index (χ2v) is 6.19. The first-order valence-electron chi connectivity index (χ1n) is 7.74. The van der Waals surface area contributed by atoms with Crippen LogP contribution in [0.5, 0.6) is 5.75 Å². The van der Waals surface area contributed by atoms with Gasteiger partial charge in [-0.15, -0.1) is 0 Å². The van der Waals surface area contributed by atoms with E-state index in [9.17, 15) is 9.90 Å². The fraction of sp³-hybridized carbons (Fsp3) is 0.294. The molecule has 0 fully saturated rings. The third-order valence-electron chi connectivity index (χ3n) is 3.61. The van der Waals surface area contributed by atoms with Gasteiger partial charge < -0.3 is 24.7 Å². The van der Waals surface area contributed by atoms with Gasteiger partial charge in [0.1, 0.15) is 18.5 Å². The van der Waals surface area contributed by atoms with Gasteiger partial charge in [-0.1, -0.05) is 16.8 Å². The molecular formula is C17H18ClN3O4. The Balaban J connectivity index is 1.72. The number of aryl methyl sites for hydroxylation is 1. The maximum atomic E-state index is 11.4. The SMILES string of the molecule is Cc1cc(COc2cc3[nH]c(CNC(=O)[C@@H](C)O)cc3cc2Cl)on1. The number of aliphatic hydroxyl groups excluding tert-OH is 1. The van der Waals surface area contributed by atoms with Gasteiger partial charge in [0.2, 0.25) is 5.91 Å². The molecule has 0 radical (unpaired) electrons. The first-order valence-corrected chi connectivity index (χ1v) is 8.12. The summed E-state index contributed by atoms with van der Waals surface area (Å²) in [5, 5.41) is 17.0. The zero-order valence-electron chi connectivity index (χ0n) is 13.8. The molecule has 0 unspecified atom stereocenters. The first kappa shape index (κ1) is 17.3. The van der Waals surface area contributed by atoms with Crippen molar-refractivity contribution in [3.8, 4) is 5.75 Å². The number of aromatic nitrogens is 2. The fourth-order valence-corrected chi connectivity index (χ4v) is 2.59. The third kappa shape index (κ3) is 4.12. The molecule has 8 heteroatoms. The quantitative estimate of drug-likeness (QED) is 0.625. The van der Waals surface area contributed by atoms with Crippen LogP contribution in [0.25, 0.3) is 10.9 Å². The number of hydrogen-bond donors (Lipinski definition) is 3. The number of carbonyl (C=O) groups excluding carboxylic acids is 1. The van der Waals surface area contributed by atoms with Crippen molar-refractivity contribution in [2.75, 3.05) is 0 Å². The summed E-state index contributed by atoms with van der Waals surface area (Å²) in [4.78, 5) is 14.6. The Morgan fingerprint density at radius 3 is 2.92 bits per heavy atom. The van der Waals surface area contributed by atoms with E-state index in [4.69, 9.17) is 20.9 Å². The Hall–Kier alpha value is -2.51. The van der Waals surface area contributed by atoms with Crippen LogP contribution >= 0.6 is 11.6 Å². The molecule has 3 rings (SSSR count). The normalized spacial score (nSPS) is 12.3. The number of hydrogen-bond acceptors (Lipinski definition) is 5. The molecule has 1 atom stereocenters. The second-order valence-electron chi connectivity index (χ2n) is 5.78. The Bertz CT molecular complexity index is 901. The van der Waals surface area contributed by atoms with Crippen molar-refractivity contribution in [1.82, 2.24) is 15.5 Å². The lowest BCUT2D eigenvalue weighted by atomic mass is 10.2. The van der Waals surface area contributed by atoms with Gasteiger partial charge in [0.15, 0.2) is 5.76 Å². The summed E-state index contributed by atoms with van der Waals surface area (Å²) in [7, 11) is 0. The molecule has 3 N–H and O–H groups in total. The van der Waals surface area contributed by atoms with E-state index in [1.807, 2.05) is 13.0 Å². The summed E-state index contributed by atoms with van der Waals surface area (Å²) < 4.78 is 10.8. The molecule has 0 spiro atoms. The minimum atomic E-state index is -1.04. The molecule has 0 aliphatic heterocycles. The van der Waals surface area contributed by atoms with Crippen molar-refractivity contribution < 1.29 is 19.2 Å². The molecule has 0 bridgehead atoms. The predicted octanol–water partition coefficient (Wildman–Crippen LogP) is 2.69. The largest absolute Gasteiger partial charge is 0.484 e. The Morgan fingerprint density at radius 2 is 2.24 bits per heavy atom. The highest BCUT2D eigenvalue weighted by molar-refractivity contribution is 6.32. The number of ether oxygens (including phenoxy) is 1. The number of rotatable bonds is 6. The molecule has 0 saturated carbocycles. The van der Waals surface area contributed by atoms with Crippen LogP contribution in [0.1, 0.15) is 24.1 Å². The molecule has 132 valence electrons. The number of fused-ring (bicyclic) bond motifs is 1. The van der Waals surface area contributed by atoms with Crippen LogP contribution in [0.2, 0.25) is 5.02 Å². The molecule has 2 aromatic heterocycles. The van der Waals surface area contributed by atoms with Crippen LogP contribution in [-0.4, -0.2) is 27.3 Å². The number of carbonyl (C=O) groups is 1. The number of halogens is 1. The average Bonchev–Trinajstić information content (AvgIpc) is 3.15. The number of H-pyrrole nitrogens is 1. The first-order chi connectivity index (χ1) is 11.9. The molecular weight excluding hydrogens is 346 g/mol. The van der Waals surface area contributed by atoms with Crippen LogP contribution < -0.4 is 10.1 Å². The zero-order chi connectivity index (χ0) is 18.0. The second kappa shape index (κ2) is 7.16. The van der Waals surface area contributed by atoms with Gasteiger partial charge in [-0.2, -0.15) is 0 Å². The van der Waals surface area contributed by atoms with E-state index < -0.39 is 12.0 Å². The number of aromatic amines is 1. The summed E-state index contributed by atoms with van der Waals surface area (Å²) in [5.41, 5.74) is 2.41. The van der Waals surface area contributed by atoms with Crippen LogP contribution in [-0.2, 0) is 17.9 Å². The summed E-state index contributed by atoms with van der Waals surface area (Å²) in [6.07, 6.45) is -1.04. The topological polar surface area (TPSA) is 100 Å². The van der Waals surface area contributed by atoms with Gasteiger partial charge in [0, 0.05) is 28.7 Å². The minimum Gasteiger partial charge on any atom is -0.484 e. The highest BCUT2D eigenvalue weighted by Gasteiger charge is 2.11. The van der Waals surface area contributed by atoms with Gasteiger partial charge in [-0.25, -0.2) is 0 Å². The molecule has 7 nitrogen and oxygen atoms in total. The summed E-state index contributed by atoms with van der Waals surface area (Å²) >= 11 is 6.27. The monoisotopic (exact) mass is 363 g/mol. The van der Waals surface area contributed by atoms with Gasteiger partial charge in [-0.05, 0) is 26.0 Å². The van der Waals surface area contributed by atoms with Crippen molar-refractivity contribution in [1.29, 1.82) is 0 Å². The predicted molar refractivity (Wildman–Crippen MR) is 92.4 cm³/mol. The standard InChI is InChI=1S/C17H18ClN3O4/c1-9-3-13(25-21-9)8-24-16-6-15-11(5-14(16)18)4-12(20-15)7-19-17(23)10(2)22/h3-6,10,20,22H,7-8H2,1-2H3,(H,19,23)/t10-/m1/s1. The molecule has 0 aliphatic carbocycles. The van der Waals surface area contributed by atoms with Gasteiger partial charge in [0.05, 0.1) is 17.3 Å². The lowest BCUT2D eigenvalue weighted by Crippen LogP contribution is -2.32. The van der Waals surface area contributed by atoms with E-state index in [0.29, 0.717) is 16.5 Å². The summed E-state index contributed by atoms with van der Waals surface area (Å²) in [6, 6.07) is 7.26. The lowest BCUT2D eigenvalue weighted by Gasteiger charge is -2.06. The summed E-state index contributed by atoms with van der Waals surface area (Å²) in [5.74, 6) is 0.703. The van der Waals surface area contributed by atoms with Gasteiger partial charge >= 0.3 is 0 Å². The van der Waals surface area contributed by atoms with E-state index in [2.05, 4.69) is 15.5 Å². The van der Waals surface area contributed by atoms with Crippen molar-refractivity contribution in [2.45, 2.75) is 33.1 Å². The molecule has 0 saturated heterocycles. The number of aliphatic hydroxyl groups is 1. The summed E-state index contributed by atoms with van der Waals surface area (Å²) in [6.45, 7) is 3.76. The molecule has 1 amide bonds. The van der Waals surface area contributed by atoms with Crippen molar-refractivity contribution in [3.63, 3.8) is 0 Å². The molecule has 1 aromatic carbocycles. The molecule has 0 aliphatic rings. The average molecular weight is 364 g/mol. The highest BCUT2D eigenvalue weighted by Crippen LogP contribution is 2.31. The van der Waals surface area contributed by atoms with Crippen LogP contribution in [0, 0.1) is 6.92 Å². The number of nitrogens with zero attached hydrogens (tertiary/aromatic N) is 1. The molecule has 25 heavy (non-hydrogen) atoms. The maximum Gasteiger partial charge on any atom is 0.248 e. The van der Waals surface area contributed by atoms with E-state index in [1.165, 1.54) is 6.92 Å². The third-order valence-corrected chi connectivity index (χ3v) is 3.90. The van der Waals surface area contributed by atoms with E-state index in [-0.39, 0.29) is 13.2 Å². The molecule has 2 heterocycles. The van der Waals surface area contributed by atoms with Crippen molar-refractivity contribution in [2.24, 2.45) is 0 Å². The van der Waals surface area contributed by atoms with E-state index in [0.717, 1.165) is 22.3 Å². The lowest BCUT2D eigenvalue weighted by molar-refractivity contribution is -0.128. The number of benzene rings is 1. The maximum absolute atomic E-state index is 11.4. The van der Waals surface area contributed by atoms with Crippen molar-refractivity contribution >= 4 is 28.4 Å². The van der Waals surface area contributed by atoms with E-state index >= 15 is 0 Å². The highest BCUT2D eigenvalue weighted by atomic mass is 35.5. The van der Waals surface area contributed by atoms with Crippen LogP contribution in [0.4, 0.5) is 0 Å². The van der Waals surface area contributed by atoms with Gasteiger partial charge in [-0.3, -0.25) is 4.79 Å². The Morgan fingerprint density at radius 1 is 1.44 bits per heavy atom. The minimum absolute atomic E-state index is 0.226. The van der Waals surface area contributed by atoms with Crippen LogP contribution in [0.15, 0.2) is 28.8 Å². The smallest absolute Gasteiger partial charge is 0.248 e. The zero-order valence-corrected chi connectivity index (χ0v) is 14.6. The Labute approximate surface area is 148 Å². The van der Waals surface area contributed by atoms with Gasteiger partial charge in [0.25, 0.3) is 0 Å². The number of amides is 1. The van der Waals surface area contributed by atoms with E-state index in [1.54, 1.807) is 18.2 Å². The molecule has 3 aromatic rings. The fourth-order valence-electron chi connectivity index (χ4n) is 2.36.